The van der Waals surface area contributed by atoms with E-state index in [1.165, 1.54) is 0 Å². The van der Waals surface area contributed by atoms with Crippen molar-refractivity contribution >= 4 is 5.84 Å². The Balaban J connectivity index is 2.86. The molecule has 4 N–H and O–H groups in total. The predicted molar refractivity (Wildman–Crippen MR) is 71.7 cm³/mol. The van der Waals surface area contributed by atoms with E-state index in [1.807, 2.05) is 39.1 Å². The van der Waals surface area contributed by atoms with Crippen molar-refractivity contribution in [3.63, 3.8) is 0 Å². The van der Waals surface area contributed by atoms with Gasteiger partial charge in [0.15, 0.2) is 5.84 Å². The number of aryl methyl sites for hydroxylation is 1. The summed E-state index contributed by atoms with van der Waals surface area (Å²) in [6, 6.07) is 5.80. The zero-order valence-corrected chi connectivity index (χ0v) is 11.1. The van der Waals surface area contributed by atoms with E-state index in [0.717, 1.165) is 17.7 Å². The fourth-order valence-corrected chi connectivity index (χ4v) is 1.65. The summed E-state index contributed by atoms with van der Waals surface area (Å²) in [6.45, 7) is 4.85. The second-order valence-electron chi connectivity index (χ2n) is 4.57. The Bertz CT molecular complexity index is 432. The number of rotatable bonds is 5. The number of aliphatic hydroxyl groups excluding tert-OH is 1. The van der Waals surface area contributed by atoms with E-state index in [9.17, 15) is 0 Å². The van der Waals surface area contributed by atoms with Crippen molar-refractivity contribution < 1.29 is 10.3 Å². The first-order valence-corrected chi connectivity index (χ1v) is 5.88. The SMILES string of the molecule is Cc1cc(/C(N)=N/O)ccc1CN(C)C(C)CO. The molecule has 1 unspecified atom stereocenters. The zero-order valence-electron chi connectivity index (χ0n) is 11.1. The van der Waals surface area contributed by atoms with Crippen molar-refractivity contribution in [3.05, 3.63) is 34.9 Å². The van der Waals surface area contributed by atoms with Crippen LogP contribution in [0.4, 0.5) is 0 Å². The molecule has 0 aliphatic heterocycles. The molecule has 100 valence electrons. The molecule has 1 aromatic rings. The number of hydrogen-bond acceptors (Lipinski definition) is 4. The van der Waals surface area contributed by atoms with Gasteiger partial charge in [-0.25, -0.2) is 0 Å². The smallest absolute Gasteiger partial charge is 0.170 e. The van der Waals surface area contributed by atoms with E-state index in [1.54, 1.807) is 0 Å². The van der Waals surface area contributed by atoms with Gasteiger partial charge in [0.1, 0.15) is 0 Å². The van der Waals surface area contributed by atoms with Crippen LogP contribution in [0.2, 0.25) is 0 Å². The molecular formula is C13H21N3O2. The summed E-state index contributed by atoms with van der Waals surface area (Å²) < 4.78 is 0. The number of amidine groups is 1. The Labute approximate surface area is 108 Å². The minimum absolute atomic E-state index is 0.113. The first kappa shape index (κ1) is 14.5. The summed E-state index contributed by atoms with van der Waals surface area (Å²) in [4.78, 5) is 2.07. The van der Waals surface area contributed by atoms with Crippen molar-refractivity contribution in [1.82, 2.24) is 4.90 Å². The van der Waals surface area contributed by atoms with Crippen molar-refractivity contribution in [1.29, 1.82) is 0 Å². The van der Waals surface area contributed by atoms with Crippen LogP contribution in [0.15, 0.2) is 23.4 Å². The average molecular weight is 251 g/mol. The van der Waals surface area contributed by atoms with Crippen LogP contribution >= 0.6 is 0 Å². The van der Waals surface area contributed by atoms with Crippen LogP contribution in [0.1, 0.15) is 23.6 Å². The van der Waals surface area contributed by atoms with E-state index in [2.05, 4.69) is 10.1 Å². The van der Waals surface area contributed by atoms with Crippen molar-refractivity contribution in [2.45, 2.75) is 26.4 Å². The number of benzene rings is 1. The second-order valence-corrected chi connectivity index (χ2v) is 4.57. The molecule has 0 amide bonds. The molecule has 0 heterocycles. The van der Waals surface area contributed by atoms with Crippen LogP contribution in [0.25, 0.3) is 0 Å². The highest BCUT2D eigenvalue weighted by Gasteiger charge is 2.10. The quantitative estimate of drug-likeness (QED) is 0.314. The number of hydrogen-bond donors (Lipinski definition) is 3. The summed E-state index contributed by atoms with van der Waals surface area (Å²) in [5.41, 5.74) is 8.49. The summed E-state index contributed by atoms with van der Waals surface area (Å²) in [5.74, 6) is 0.113. The van der Waals surface area contributed by atoms with Gasteiger partial charge >= 0.3 is 0 Å². The first-order valence-electron chi connectivity index (χ1n) is 5.88. The van der Waals surface area contributed by atoms with Gasteiger partial charge in [-0.2, -0.15) is 0 Å². The van der Waals surface area contributed by atoms with Crippen LogP contribution < -0.4 is 5.73 Å². The predicted octanol–water partition coefficient (Wildman–Crippen LogP) is 0.902. The van der Waals surface area contributed by atoms with Gasteiger partial charge in [0.05, 0.1) is 6.61 Å². The maximum atomic E-state index is 9.10. The van der Waals surface area contributed by atoms with Gasteiger partial charge in [-0.1, -0.05) is 17.3 Å². The Morgan fingerprint density at radius 3 is 2.67 bits per heavy atom. The van der Waals surface area contributed by atoms with Crippen molar-refractivity contribution in [3.8, 4) is 0 Å². The molecule has 5 heteroatoms. The average Bonchev–Trinajstić information content (AvgIpc) is 2.38. The lowest BCUT2D eigenvalue weighted by Gasteiger charge is -2.23. The highest BCUT2D eigenvalue weighted by atomic mass is 16.4. The lowest BCUT2D eigenvalue weighted by molar-refractivity contribution is 0.154. The molecule has 0 saturated heterocycles. The molecule has 18 heavy (non-hydrogen) atoms. The number of aliphatic hydroxyl groups is 1. The van der Waals surface area contributed by atoms with Gasteiger partial charge < -0.3 is 16.0 Å². The van der Waals surface area contributed by atoms with Crippen LogP contribution in [-0.4, -0.2) is 40.7 Å². The summed E-state index contributed by atoms with van der Waals surface area (Å²) >= 11 is 0. The topological polar surface area (TPSA) is 82.1 Å². The largest absolute Gasteiger partial charge is 0.409 e. The van der Waals surface area contributed by atoms with Crippen LogP contribution in [-0.2, 0) is 6.54 Å². The molecule has 0 spiro atoms. The van der Waals surface area contributed by atoms with Crippen LogP contribution in [0.5, 0.6) is 0 Å². The fraction of sp³-hybridized carbons (Fsp3) is 0.462. The summed E-state index contributed by atoms with van der Waals surface area (Å²) in [5, 5.41) is 20.7. The highest BCUT2D eigenvalue weighted by molar-refractivity contribution is 5.97. The van der Waals surface area contributed by atoms with E-state index in [0.29, 0.717) is 5.56 Å². The number of oxime groups is 1. The minimum atomic E-state index is 0.113. The van der Waals surface area contributed by atoms with Gasteiger partial charge in [-0.05, 0) is 38.1 Å². The van der Waals surface area contributed by atoms with Gasteiger partial charge in [-0.3, -0.25) is 4.90 Å². The molecule has 1 atom stereocenters. The molecule has 0 aliphatic carbocycles. The maximum Gasteiger partial charge on any atom is 0.170 e. The van der Waals surface area contributed by atoms with E-state index in [-0.39, 0.29) is 18.5 Å². The lowest BCUT2D eigenvalue weighted by Crippen LogP contribution is -2.31. The van der Waals surface area contributed by atoms with E-state index >= 15 is 0 Å². The van der Waals surface area contributed by atoms with E-state index in [4.69, 9.17) is 16.0 Å². The Morgan fingerprint density at radius 2 is 2.17 bits per heavy atom. The molecular weight excluding hydrogens is 230 g/mol. The normalized spacial score (nSPS) is 13.9. The first-order chi connectivity index (χ1) is 8.49. The molecule has 0 fully saturated rings. The third-order valence-electron chi connectivity index (χ3n) is 3.18. The standard InChI is InChI=1S/C13H21N3O2/c1-9-6-11(13(14)15-18)4-5-12(9)7-16(3)10(2)8-17/h4-6,10,17-18H,7-8H2,1-3H3,(H2,14,15). The van der Waals surface area contributed by atoms with E-state index < -0.39 is 0 Å². The highest BCUT2D eigenvalue weighted by Crippen LogP contribution is 2.14. The van der Waals surface area contributed by atoms with Gasteiger partial charge in [0.2, 0.25) is 0 Å². The lowest BCUT2D eigenvalue weighted by atomic mass is 10.0. The molecule has 0 radical (unpaired) electrons. The van der Waals surface area contributed by atoms with Crippen molar-refractivity contribution in [2.75, 3.05) is 13.7 Å². The van der Waals surface area contributed by atoms with Crippen molar-refractivity contribution in [2.24, 2.45) is 10.9 Å². The molecule has 5 nitrogen and oxygen atoms in total. The second kappa shape index (κ2) is 6.37. The maximum absolute atomic E-state index is 9.10. The van der Waals surface area contributed by atoms with Gasteiger partial charge in [0, 0.05) is 18.2 Å². The fourth-order valence-electron chi connectivity index (χ4n) is 1.65. The molecule has 1 rings (SSSR count). The zero-order chi connectivity index (χ0) is 13.7. The molecule has 0 aromatic heterocycles. The minimum Gasteiger partial charge on any atom is -0.409 e. The third kappa shape index (κ3) is 3.45. The Hall–Kier alpha value is -1.59. The monoisotopic (exact) mass is 251 g/mol. The molecule has 1 aromatic carbocycles. The number of nitrogens with zero attached hydrogens (tertiary/aromatic N) is 2. The third-order valence-corrected chi connectivity index (χ3v) is 3.18. The Morgan fingerprint density at radius 1 is 1.50 bits per heavy atom. The number of likely N-dealkylation sites (N-methyl/N-ethyl adjacent to an activating group) is 1. The molecule has 0 saturated carbocycles. The number of nitrogens with two attached hydrogens (primary N) is 1. The summed E-state index contributed by atoms with van der Waals surface area (Å²) in [7, 11) is 1.97. The molecule has 0 aliphatic rings. The van der Waals surface area contributed by atoms with Gasteiger partial charge in [0.25, 0.3) is 0 Å². The molecule has 0 bridgehead atoms. The summed E-state index contributed by atoms with van der Waals surface area (Å²) in [6.07, 6.45) is 0. The van der Waals surface area contributed by atoms with Crippen LogP contribution in [0.3, 0.4) is 0 Å². The Kier molecular flexibility index (Phi) is 5.12. The van der Waals surface area contributed by atoms with Gasteiger partial charge in [-0.15, -0.1) is 0 Å². The van der Waals surface area contributed by atoms with Crippen LogP contribution in [0, 0.1) is 6.92 Å².